The third kappa shape index (κ3) is 3.73. The quantitative estimate of drug-likeness (QED) is 0.787. The summed E-state index contributed by atoms with van der Waals surface area (Å²) in [5.41, 5.74) is 2.34. The Labute approximate surface area is 122 Å². The maximum atomic E-state index is 12.4. The molecule has 114 valence electrons. The molecule has 1 aromatic carbocycles. The van der Waals surface area contributed by atoms with Crippen LogP contribution in [0.3, 0.4) is 0 Å². The van der Waals surface area contributed by atoms with E-state index < -0.39 is 10.0 Å². The van der Waals surface area contributed by atoms with E-state index in [-0.39, 0.29) is 0 Å². The lowest BCUT2D eigenvalue weighted by molar-refractivity contribution is 0.410. The van der Waals surface area contributed by atoms with Crippen molar-refractivity contribution in [3.63, 3.8) is 0 Å². The van der Waals surface area contributed by atoms with Gasteiger partial charge in [-0.2, -0.15) is 0 Å². The average molecular weight is 299 g/mol. The molecule has 0 amide bonds. The molecule has 1 N–H and O–H groups in total. The van der Waals surface area contributed by atoms with Crippen molar-refractivity contribution in [3.05, 3.63) is 22.8 Å². The summed E-state index contributed by atoms with van der Waals surface area (Å²) < 4.78 is 32.8. The van der Waals surface area contributed by atoms with Crippen LogP contribution in [0, 0.1) is 20.8 Å². The number of aryl methyl sites for hydroxylation is 1. The van der Waals surface area contributed by atoms with Crippen LogP contribution in [0.2, 0.25) is 0 Å². The molecule has 4 nitrogen and oxygen atoms in total. The van der Waals surface area contributed by atoms with Gasteiger partial charge in [-0.3, -0.25) is 0 Å². The van der Waals surface area contributed by atoms with Gasteiger partial charge in [0.1, 0.15) is 5.75 Å². The maximum absolute atomic E-state index is 12.4. The number of rotatable bonds is 7. The number of hydrogen-bond acceptors (Lipinski definition) is 3. The molecule has 0 spiro atoms. The molecule has 5 heteroatoms. The molecule has 1 rings (SSSR count). The van der Waals surface area contributed by atoms with Gasteiger partial charge in [-0.15, -0.1) is 0 Å². The lowest BCUT2D eigenvalue weighted by atomic mass is 10.1. The van der Waals surface area contributed by atoms with Gasteiger partial charge in [0.05, 0.1) is 12.0 Å². The van der Waals surface area contributed by atoms with Gasteiger partial charge in [0.15, 0.2) is 0 Å². The molecule has 0 fully saturated rings. The SMILES string of the molecule is CCCCCNS(=O)(=O)c1c(C)cc(OC)c(C)c1C. The highest BCUT2D eigenvalue weighted by molar-refractivity contribution is 7.89. The summed E-state index contributed by atoms with van der Waals surface area (Å²) in [5.74, 6) is 0.727. The van der Waals surface area contributed by atoms with Crippen LogP contribution in [0.4, 0.5) is 0 Å². The van der Waals surface area contributed by atoms with Crippen LogP contribution in [0.1, 0.15) is 42.9 Å². The average Bonchev–Trinajstić information content (AvgIpc) is 2.38. The van der Waals surface area contributed by atoms with Crippen LogP contribution in [0.25, 0.3) is 0 Å². The Morgan fingerprint density at radius 2 is 1.80 bits per heavy atom. The van der Waals surface area contributed by atoms with Crippen LogP contribution >= 0.6 is 0 Å². The number of methoxy groups -OCH3 is 1. The first kappa shape index (κ1) is 17.0. The Morgan fingerprint density at radius 1 is 1.15 bits per heavy atom. The maximum Gasteiger partial charge on any atom is 0.241 e. The van der Waals surface area contributed by atoms with E-state index in [0.717, 1.165) is 36.1 Å². The molecule has 0 saturated heterocycles. The van der Waals surface area contributed by atoms with E-state index in [2.05, 4.69) is 11.6 Å². The molecule has 0 atom stereocenters. The van der Waals surface area contributed by atoms with E-state index in [1.165, 1.54) is 0 Å². The number of unbranched alkanes of at least 4 members (excludes halogenated alkanes) is 2. The number of ether oxygens (including phenoxy) is 1. The molecule has 0 unspecified atom stereocenters. The summed E-state index contributed by atoms with van der Waals surface area (Å²) in [6.45, 7) is 8.08. The standard InChI is InChI=1S/C15H25NO3S/c1-6-7-8-9-16-20(17,18)15-11(2)10-14(19-5)12(3)13(15)4/h10,16H,6-9H2,1-5H3. The van der Waals surface area contributed by atoms with Gasteiger partial charge < -0.3 is 4.74 Å². The third-order valence-corrected chi connectivity index (χ3v) is 5.29. The topological polar surface area (TPSA) is 55.4 Å². The monoisotopic (exact) mass is 299 g/mol. The second-order valence-electron chi connectivity index (χ2n) is 5.08. The van der Waals surface area contributed by atoms with Crippen molar-refractivity contribution in [2.75, 3.05) is 13.7 Å². The Balaban J connectivity index is 3.09. The first-order chi connectivity index (χ1) is 9.35. The van der Waals surface area contributed by atoms with E-state index in [9.17, 15) is 8.42 Å². The summed E-state index contributed by atoms with van der Waals surface area (Å²) in [6.07, 6.45) is 2.96. The predicted molar refractivity (Wildman–Crippen MR) is 81.9 cm³/mol. The van der Waals surface area contributed by atoms with E-state index >= 15 is 0 Å². The minimum absolute atomic E-state index is 0.382. The molecular formula is C15H25NO3S. The van der Waals surface area contributed by atoms with Crippen molar-refractivity contribution in [1.82, 2.24) is 4.72 Å². The van der Waals surface area contributed by atoms with Gasteiger partial charge in [0, 0.05) is 6.54 Å². The molecule has 0 saturated carbocycles. The van der Waals surface area contributed by atoms with E-state index in [1.54, 1.807) is 20.1 Å². The van der Waals surface area contributed by atoms with Crippen molar-refractivity contribution < 1.29 is 13.2 Å². The van der Waals surface area contributed by atoms with Crippen LogP contribution in [0.5, 0.6) is 5.75 Å². The lowest BCUT2D eigenvalue weighted by Gasteiger charge is -2.16. The Hall–Kier alpha value is -1.07. The molecule has 0 aliphatic rings. The van der Waals surface area contributed by atoms with Crippen LogP contribution in [-0.2, 0) is 10.0 Å². The zero-order valence-electron chi connectivity index (χ0n) is 13.0. The molecule has 1 aromatic rings. The minimum Gasteiger partial charge on any atom is -0.496 e. The molecule has 0 aromatic heterocycles. The second-order valence-corrected chi connectivity index (χ2v) is 6.78. The molecular weight excluding hydrogens is 274 g/mol. The molecule has 0 aliphatic carbocycles. The van der Waals surface area contributed by atoms with Gasteiger partial charge in [-0.25, -0.2) is 13.1 Å². The summed E-state index contributed by atoms with van der Waals surface area (Å²) in [7, 11) is -1.86. The second kappa shape index (κ2) is 7.09. The smallest absolute Gasteiger partial charge is 0.241 e. The van der Waals surface area contributed by atoms with Gasteiger partial charge in [-0.05, 0) is 49.9 Å². The number of nitrogens with one attached hydrogen (secondary N) is 1. The molecule has 0 bridgehead atoms. The lowest BCUT2D eigenvalue weighted by Crippen LogP contribution is -2.26. The first-order valence-electron chi connectivity index (χ1n) is 6.99. The fraction of sp³-hybridized carbons (Fsp3) is 0.600. The number of sulfonamides is 1. The zero-order chi connectivity index (χ0) is 15.3. The van der Waals surface area contributed by atoms with E-state index in [1.807, 2.05) is 13.8 Å². The van der Waals surface area contributed by atoms with Gasteiger partial charge in [-0.1, -0.05) is 19.8 Å². The molecule has 20 heavy (non-hydrogen) atoms. The Bertz CT molecular complexity index is 565. The van der Waals surface area contributed by atoms with Crippen LogP contribution < -0.4 is 9.46 Å². The molecule has 0 heterocycles. The van der Waals surface area contributed by atoms with E-state index in [0.29, 0.717) is 17.0 Å². The van der Waals surface area contributed by atoms with Crippen molar-refractivity contribution in [2.45, 2.75) is 51.9 Å². The summed E-state index contributed by atoms with van der Waals surface area (Å²) in [5, 5.41) is 0. The largest absolute Gasteiger partial charge is 0.496 e. The van der Waals surface area contributed by atoms with Crippen molar-refractivity contribution in [1.29, 1.82) is 0 Å². The van der Waals surface area contributed by atoms with Gasteiger partial charge >= 0.3 is 0 Å². The summed E-state index contributed by atoms with van der Waals surface area (Å²) in [6, 6.07) is 1.78. The molecule has 0 radical (unpaired) electrons. The number of hydrogen-bond donors (Lipinski definition) is 1. The molecule has 0 aliphatic heterocycles. The Kier molecular flexibility index (Phi) is 6.02. The van der Waals surface area contributed by atoms with Crippen molar-refractivity contribution in [2.24, 2.45) is 0 Å². The predicted octanol–water partition coefficient (Wildman–Crippen LogP) is 3.09. The van der Waals surface area contributed by atoms with Crippen LogP contribution in [0.15, 0.2) is 11.0 Å². The highest BCUT2D eigenvalue weighted by atomic mass is 32.2. The normalized spacial score (nSPS) is 11.7. The Morgan fingerprint density at radius 3 is 2.35 bits per heavy atom. The van der Waals surface area contributed by atoms with Crippen LogP contribution in [-0.4, -0.2) is 22.1 Å². The minimum atomic E-state index is -3.46. The fourth-order valence-electron chi connectivity index (χ4n) is 2.30. The van der Waals surface area contributed by atoms with Crippen molar-refractivity contribution in [3.8, 4) is 5.75 Å². The van der Waals surface area contributed by atoms with Crippen molar-refractivity contribution >= 4 is 10.0 Å². The highest BCUT2D eigenvalue weighted by Gasteiger charge is 2.22. The third-order valence-electron chi connectivity index (χ3n) is 3.54. The van der Waals surface area contributed by atoms with Gasteiger partial charge in [0.25, 0.3) is 0 Å². The van der Waals surface area contributed by atoms with Gasteiger partial charge in [0.2, 0.25) is 10.0 Å². The number of benzene rings is 1. The summed E-state index contributed by atoms with van der Waals surface area (Å²) in [4.78, 5) is 0.382. The summed E-state index contributed by atoms with van der Waals surface area (Å²) >= 11 is 0. The van der Waals surface area contributed by atoms with E-state index in [4.69, 9.17) is 4.74 Å². The highest BCUT2D eigenvalue weighted by Crippen LogP contribution is 2.30. The fourth-order valence-corrected chi connectivity index (χ4v) is 3.90. The zero-order valence-corrected chi connectivity index (χ0v) is 13.9. The first-order valence-corrected chi connectivity index (χ1v) is 8.48.